The molecule has 0 spiro atoms. The number of nitrogens with zero attached hydrogens (tertiary/aromatic N) is 3. The third kappa shape index (κ3) is 3.57. The van der Waals surface area contributed by atoms with Gasteiger partial charge in [-0.2, -0.15) is 4.98 Å². The van der Waals surface area contributed by atoms with Crippen LogP contribution >= 0.6 is 0 Å². The molecule has 5 nitrogen and oxygen atoms in total. The van der Waals surface area contributed by atoms with Crippen molar-refractivity contribution < 1.29 is 0 Å². The Morgan fingerprint density at radius 3 is 2.83 bits per heavy atom. The smallest absolute Gasteiger partial charge is 0.224 e. The lowest BCUT2D eigenvalue weighted by Gasteiger charge is -2.16. The summed E-state index contributed by atoms with van der Waals surface area (Å²) in [6.45, 7) is 6.90. The summed E-state index contributed by atoms with van der Waals surface area (Å²) < 4.78 is 0. The lowest BCUT2D eigenvalue weighted by molar-refractivity contribution is 0.337. The van der Waals surface area contributed by atoms with Crippen molar-refractivity contribution in [2.24, 2.45) is 0 Å². The quantitative estimate of drug-likeness (QED) is 0.770. The third-order valence-electron chi connectivity index (χ3n) is 3.23. The molecule has 0 aromatic carbocycles. The summed E-state index contributed by atoms with van der Waals surface area (Å²) in [4.78, 5) is 11.1. The molecule has 0 amide bonds. The van der Waals surface area contributed by atoms with Crippen LogP contribution in [0.1, 0.15) is 25.3 Å². The van der Waals surface area contributed by atoms with Crippen LogP contribution in [0.4, 0.5) is 11.8 Å². The minimum Gasteiger partial charge on any atom is -0.368 e. The van der Waals surface area contributed by atoms with Crippen molar-refractivity contribution in [2.75, 3.05) is 37.3 Å². The van der Waals surface area contributed by atoms with Gasteiger partial charge < -0.3 is 15.5 Å². The molecule has 2 N–H and O–H groups in total. The van der Waals surface area contributed by atoms with Gasteiger partial charge in [0.15, 0.2) is 0 Å². The van der Waals surface area contributed by atoms with Gasteiger partial charge in [-0.25, -0.2) is 4.98 Å². The van der Waals surface area contributed by atoms with Crippen LogP contribution in [-0.4, -0.2) is 47.6 Å². The Hall–Kier alpha value is -1.36. The number of nitrogens with one attached hydrogen (secondary N) is 2. The molecule has 0 atom stereocenters. The van der Waals surface area contributed by atoms with E-state index in [1.807, 2.05) is 20.0 Å². The van der Waals surface area contributed by atoms with E-state index in [9.17, 15) is 0 Å². The first-order valence-corrected chi connectivity index (χ1v) is 6.72. The predicted molar refractivity (Wildman–Crippen MR) is 75.1 cm³/mol. The van der Waals surface area contributed by atoms with Gasteiger partial charge in [-0.05, 0) is 33.7 Å². The van der Waals surface area contributed by atoms with Gasteiger partial charge in [0.25, 0.3) is 0 Å². The van der Waals surface area contributed by atoms with Gasteiger partial charge in [0.05, 0.1) is 0 Å². The molecular weight excluding hydrogens is 226 g/mol. The molecule has 1 aromatic heterocycles. The zero-order valence-electron chi connectivity index (χ0n) is 11.5. The van der Waals surface area contributed by atoms with Crippen LogP contribution in [0, 0.1) is 6.92 Å². The van der Waals surface area contributed by atoms with Gasteiger partial charge in [0.2, 0.25) is 5.95 Å². The summed E-state index contributed by atoms with van der Waals surface area (Å²) in [6.07, 6.45) is 4.57. The number of hydrogen-bond donors (Lipinski definition) is 2. The molecule has 0 saturated heterocycles. The number of likely N-dealkylation sites (N-methyl/N-ethyl adjacent to an activating group) is 1. The lowest BCUT2D eigenvalue weighted by Crippen LogP contribution is -2.27. The molecule has 1 aliphatic rings. The third-order valence-corrected chi connectivity index (χ3v) is 3.23. The fourth-order valence-electron chi connectivity index (χ4n) is 1.91. The SMILES string of the molecule is CCNc1ncc(C)c(NCCN(C)C2CC2)n1. The maximum atomic E-state index is 4.47. The summed E-state index contributed by atoms with van der Waals surface area (Å²) in [6, 6.07) is 0.815. The summed E-state index contributed by atoms with van der Waals surface area (Å²) in [5.41, 5.74) is 1.09. The summed E-state index contributed by atoms with van der Waals surface area (Å²) in [5, 5.41) is 6.52. The van der Waals surface area contributed by atoms with Crippen LogP contribution in [-0.2, 0) is 0 Å². The second-order valence-corrected chi connectivity index (χ2v) is 4.89. The highest BCUT2D eigenvalue weighted by Crippen LogP contribution is 2.24. The highest BCUT2D eigenvalue weighted by atomic mass is 15.2. The number of hydrogen-bond acceptors (Lipinski definition) is 5. The van der Waals surface area contributed by atoms with Gasteiger partial charge in [0, 0.05) is 37.4 Å². The highest BCUT2D eigenvalue weighted by molar-refractivity contribution is 5.46. The first-order chi connectivity index (χ1) is 8.70. The largest absolute Gasteiger partial charge is 0.368 e. The van der Waals surface area contributed by atoms with Crippen LogP contribution in [0.25, 0.3) is 0 Å². The zero-order valence-corrected chi connectivity index (χ0v) is 11.5. The van der Waals surface area contributed by atoms with Crippen molar-refractivity contribution in [1.82, 2.24) is 14.9 Å². The van der Waals surface area contributed by atoms with Crippen molar-refractivity contribution in [3.05, 3.63) is 11.8 Å². The van der Waals surface area contributed by atoms with E-state index in [2.05, 4.69) is 32.5 Å². The van der Waals surface area contributed by atoms with E-state index in [4.69, 9.17) is 0 Å². The van der Waals surface area contributed by atoms with Gasteiger partial charge in [-0.15, -0.1) is 0 Å². The molecule has 5 heteroatoms. The molecule has 18 heavy (non-hydrogen) atoms. The first-order valence-electron chi connectivity index (χ1n) is 6.72. The Balaban J connectivity index is 1.84. The molecule has 0 bridgehead atoms. The number of aromatic nitrogens is 2. The Morgan fingerprint density at radius 2 is 2.17 bits per heavy atom. The summed E-state index contributed by atoms with van der Waals surface area (Å²) in [7, 11) is 2.19. The van der Waals surface area contributed by atoms with Crippen LogP contribution in [0.3, 0.4) is 0 Å². The van der Waals surface area contributed by atoms with Gasteiger partial charge in [-0.3, -0.25) is 0 Å². The molecule has 1 fully saturated rings. The van der Waals surface area contributed by atoms with E-state index >= 15 is 0 Å². The molecule has 1 saturated carbocycles. The maximum absolute atomic E-state index is 4.47. The fourth-order valence-corrected chi connectivity index (χ4v) is 1.91. The minimum atomic E-state index is 0.696. The second-order valence-electron chi connectivity index (χ2n) is 4.89. The van der Waals surface area contributed by atoms with Crippen LogP contribution < -0.4 is 10.6 Å². The average Bonchev–Trinajstić information content (AvgIpc) is 3.17. The van der Waals surface area contributed by atoms with E-state index in [0.717, 1.165) is 37.1 Å². The van der Waals surface area contributed by atoms with Crippen molar-refractivity contribution in [2.45, 2.75) is 32.7 Å². The molecule has 1 aliphatic carbocycles. The Bertz CT molecular complexity index is 389. The standard InChI is InChI=1S/C13H23N5/c1-4-14-13-16-9-10(2)12(17-13)15-7-8-18(3)11-5-6-11/h9,11H,4-8H2,1-3H3,(H2,14,15,16,17). The van der Waals surface area contributed by atoms with E-state index in [0.29, 0.717) is 5.95 Å². The molecule has 2 rings (SSSR count). The van der Waals surface area contributed by atoms with Gasteiger partial charge in [0.1, 0.15) is 5.82 Å². The van der Waals surface area contributed by atoms with E-state index in [-0.39, 0.29) is 0 Å². The monoisotopic (exact) mass is 249 g/mol. The van der Waals surface area contributed by atoms with Crippen molar-refractivity contribution in [3.8, 4) is 0 Å². The van der Waals surface area contributed by atoms with Gasteiger partial charge in [-0.1, -0.05) is 0 Å². The normalized spacial score (nSPS) is 14.9. The Morgan fingerprint density at radius 1 is 1.39 bits per heavy atom. The zero-order chi connectivity index (χ0) is 13.0. The van der Waals surface area contributed by atoms with Crippen LogP contribution in [0.5, 0.6) is 0 Å². The van der Waals surface area contributed by atoms with Crippen molar-refractivity contribution >= 4 is 11.8 Å². The van der Waals surface area contributed by atoms with Crippen molar-refractivity contribution in [1.29, 1.82) is 0 Å². The minimum absolute atomic E-state index is 0.696. The van der Waals surface area contributed by atoms with Crippen molar-refractivity contribution in [3.63, 3.8) is 0 Å². The van der Waals surface area contributed by atoms with E-state index in [1.54, 1.807) is 0 Å². The summed E-state index contributed by atoms with van der Waals surface area (Å²) >= 11 is 0. The molecular formula is C13H23N5. The lowest BCUT2D eigenvalue weighted by atomic mass is 10.3. The Kier molecular flexibility index (Phi) is 4.36. The second kappa shape index (κ2) is 6.00. The fraction of sp³-hybridized carbons (Fsp3) is 0.692. The molecule has 1 aromatic rings. The topological polar surface area (TPSA) is 53.1 Å². The van der Waals surface area contributed by atoms with Crippen LogP contribution in [0.2, 0.25) is 0 Å². The molecule has 0 unspecified atom stereocenters. The predicted octanol–water partition coefficient (Wildman–Crippen LogP) is 1.72. The number of aryl methyl sites for hydroxylation is 1. The van der Waals surface area contributed by atoms with Gasteiger partial charge >= 0.3 is 0 Å². The molecule has 1 heterocycles. The first kappa shape index (κ1) is 13.1. The average molecular weight is 249 g/mol. The maximum Gasteiger partial charge on any atom is 0.224 e. The highest BCUT2D eigenvalue weighted by Gasteiger charge is 2.25. The summed E-state index contributed by atoms with van der Waals surface area (Å²) in [5.74, 6) is 1.63. The molecule has 100 valence electrons. The molecule has 0 radical (unpaired) electrons. The molecule has 0 aliphatic heterocycles. The van der Waals surface area contributed by atoms with E-state index < -0.39 is 0 Å². The van der Waals surface area contributed by atoms with Crippen LogP contribution in [0.15, 0.2) is 6.20 Å². The number of rotatable bonds is 7. The Labute approximate surface area is 109 Å². The number of anilines is 2. The van der Waals surface area contributed by atoms with E-state index in [1.165, 1.54) is 12.8 Å².